The highest BCUT2D eigenvalue weighted by atomic mass is 16.7. The highest BCUT2D eigenvalue weighted by Crippen LogP contribution is 2.30. The minimum atomic E-state index is -0.713. The maximum atomic E-state index is 12.9. The molecule has 2 saturated heterocycles. The summed E-state index contributed by atoms with van der Waals surface area (Å²) < 4.78 is 5.20. The Labute approximate surface area is 215 Å². The van der Waals surface area contributed by atoms with E-state index in [2.05, 4.69) is 16.2 Å². The Balaban J connectivity index is 1.26. The molecule has 2 aromatic rings. The fraction of sp³-hybridized carbons (Fsp3) is 0.385. The molecule has 5 amide bonds. The minimum Gasteiger partial charge on any atom is -0.444 e. The van der Waals surface area contributed by atoms with Gasteiger partial charge in [-0.3, -0.25) is 30.6 Å². The van der Waals surface area contributed by atoms with E-state index in [1.54, 1.807) is 32.9 Å². The molecule has 0 saturated carbocycles. The molecule has 0 radical (unpaired) electrons. The average molecular weight is 510 g/mol. The zero-order valence-corrected chi connectivity index (χ0v) is 21.0. The molecule has 0 aliphatic carbocycles. The van der Waals surface area contributed by atoms with Crippen molar-refractivity contribution in [2.45, 2.75) is 57.9 Å². The number of piperidine rings is 1. The topological polar surface area (TPSA) is 129 Å². The standard InChI is InChI=1S/C26H31N5O6/c1-26(2,3)37-24(34)27-19-11-9-18(10-12-19)22(32)28-29-23(33)21-14-13-20-15-30(21)25(35)31(20)36-16-17-7-5-4-6-8-17/h4-12,20-21H,13-16H2,1-3H3,(H,27,34)(H,28,32)(H,29,33)/t20-,21+/m1/s1. The molecule has 2 atom stereocenters. The molecule has 0 aromatic heterocycles. The van der Waals surface area contributed by atoms with Crippen molar-refractivity contribution in [2.24, 2.45) is 0 Å². The molecule has 196 valence electrons. The quantitative estimate of drug-likeness (QED) is 0.513. The van der Waals surface area contributed by atoms with Crippen molar-refractivity contribution in [2.75, 3.05) is 11.9 Å². The number of hydrogen-bond donors (Lipinski definition) is 3. The molecule has 4 rings (SSSR count). The van der Waals surface area contributed by atoms with Gasteiger partial charge in [-0.2, -0.15) is 5.06 Å². The van der Waals surface area contributed by atoms with Gasteiger partial charge in [-0.05, 0) is 63.4 Å². The zero-order valence-electron chi connectivity index (χ0n) is 21.0. The fourth-order valence-corrected chi connectivity index (χ4v) is 4.19. The SMILES string of the molecule is CC(C)(C)OC(=O)Nc1ccc(C(=O)NNC(=O)[C@@H]2CC[C@@H]3CN2C(=O)N3OCc2ccccc2)cc1. The lowest BCUT2D eigenvalue weighted by atomic mass is 10.0. The van der Waals surface area contributed by atoms with Crippen molar-refractivity contribution in [3.63, 3.8) is 0 Å². The van der Waals surface area contributed by atoms with E-state index in [0.717, 1.165) is 5.56 Å². The number of benzene rings is 2. The minimum absolute atomic E-state index is 0.123. The normalized spacial score (nSPS) is 18.8. The van der Waals surface area contributed by atoms with Crippen molar-refractivity contribution in [1.82, 2.24) is 20.8 Å². The van der Waals surface area contributed by atoms with E-state index in [1.807, 2.05) is 30.3 Å². The Hall–Kier alpha value is -4.12. The number of hydrogen-bond acceptors (Lipinski definition) is 6. The van der Waals surface area contributed by atoms with Crippen LogP contribution in [0.4, 0.5) is 15.3 Å². The van der Waals surface area contributed by atoms with Gasteiger partial charge in [0.25, 0.3) is 11.8 Å². The first-order valence-electron chi connectivity index (χ1n) is 12.1. The first-order chi connectivity index (χ1) is 17.6. The third-order valence-corrected chi connectivity index (χ3v) is 5.93. The number of carbonyl (C=O) groups is 4. The zero-order chi connectivity index (χ0) is 26.6. The number of fused-ring (bicyclic) bond motifs is 2. The van der Waals surface area contributed by atoms with Gasteiger partial charge in [0.2, 0.25) is 0 Å². The number of rotatable bonds is 6. The molecular weight excluding hydrogens is 478 g/mol. The first-order valence-corrected chi connectivity index (χ1v) is 12.1. The number of nitrogens with zero attached hydrogens (tertiary/aromatic N) is 2. The van der Waals surface area contributed by atoms with E-state index >= 15 is 0 Å². The van der Waals surface area contributed by atoms with Gasteiger partial charge in [-0.25, -0.2) is 9.59 Å². The van der Waals surface area contributed by atoms with Crippen LogP contribution >= 0.6 is 0 Å². The Morgan fingerprint density at radius 1 is 0.973 bits per heavy atom. The largest absolute Gasteiger partial charge is 0.444 e. The highest BCUT2D eigenvalue weighted by Gasteiger charge is 2.48. The van der Waals surface area contributed by atoms with Gasteiger partial charge in [0.15, 0.2) is 0 Å². The number of urea groups is 1. The van der Waals surface area contributed by atoms with Crippen LogP contribution in [0.2, 0.25) is 0 Å². The van der Waals surface area contributed by atoms with Crippen molar-refractivity contribution in [3.8, 4) is 0 Å². The lowest BCUT2D eigenvalue weighted by molar-refractivity contribution is -0.140. The lowest BCUT2D eigenvalue weighted by Gasteiger charge is -2.29. The van der Waals surface area contributed by atoms with Crippen molar-refractivity contribution >= 4 is 29.6 Å². The van der Waals surface area contributed by atoms with Gasteiger partial charge in [-0.15, -0.1) is 0 Å². The van der Waals surface area contributed by atoms with Crippen molar-refractivity contribution in [1.29, 1.82) is 0 Å². The summed E-state index contributed by atoms with van der Waals surface area (Å²) in [5, 5.41) is 3.94. The summed E-state index contributed by atoms with van der Waals surface area (Å²) in [5.74, 6) is -1.01. The predicted octanol–water partition coefficient (Wildman–Crippen LogP) is 3.20. The number of amides is 5. The molecule has 2 fully saturated rings. The third kappa shape index (κ3) is 6.56. The van der Waals surface area contributed by atoms with Crippen LogP contribution < -0.4 is 16.2 Å². The van der Waals surface area contributed by atoms with E-state index in [1.165, 1.54) is 22.1 Å². The van der Waals surface area contributed by atoms with Gasteiger partial charge in [0, 0.05) is 17.8 Å². The number of anilines is 1. The Morgan fingerprint density at radius 3 is 2.35 bits per heavy atom. The molecule has 2 aliphatic heterocycles. The summed E-state index contributed by atoms with van der Waals surface area (Å²) in [6.07, 6.45) is 0.455. The second kappa shape index (κ2) is 10.9. The van der Waals surface area contributed by atoms with E-state index in [9.17, 15) is 19.2 Å². The predicted molar refractivity (Wildman–Crippen MR) is 134 cm³/mol. The van der Waals surface area contributed by atoms with E-state index < -0.39 is 29.6 Å². The molecule has 2 aliphatic rings. The van der Waals surface area contributed by atoms with Gasteiger partial charge in [0.05, 0.1) is 6.04 Å². The Bertz CT molecular complexity index is 1150. The fourth-order valence-electron chi connectivity index (χ4n) is 4.19. The smallest absolute Gasteiger partial charge is 0.412 e. The molecule has 2 bridgehead atoms. The lowest BCUT2D eigenvalue weighted by Crippen LogP contribution is -2.54. The molecule has 11 nitrogen and oxygen atoms in total. The number of hydrazine groups is 1. The second-order valence-corrected chi connectivity index (χ2v) is 9.91. The van der Waals surface area contributed by atoms with Crippen LogP contribution in [0.3, 0.4) is 0 Å². The second-order valence-electron chi connectivity index (χ2n) is 9.91. The summed E-state index contributed by atoms with van der Waals surface area (Å²) in [4.78, 5) is 57.3. The van der Waals surface area contributed by atoms with Crippen LogP contribution in [0, 0.1) is 0 Å². The summed E-state index contributed by atoms with van der Waals surface area (Å²) in [6.45, 7) is 5.92. The third-order valence-electron chi connectivity index (χ3n) is 5.93. The van der Waals surface area contributed by atoms with Crippen LogP contribution in [0.1, 0.15) is 49.5 Å². The maximum absolute atomic E-state index is 12.9. The van der Waals surface area contributed by atoms with Gasteiger partial charge >= 0.3 is 12.1 Å². The summed E-state index contributed by atoms with van der Waals surface area (Å²) >= 11 is 0. The van der Waals surface area contributed by atoms with Crippen LogP contribution in [-0.2, 0) is 21.0 Å². The molecule has 3 N–H and O–H groups in total. The van der Waals surface area contributed by atoms with Gasteiger partial charge in [0.1, 0.15) is 18.2 Å². The monoisotopic (exact) mass is 509 g/mol. The van der Waals surface area contributed by atoms with Crippen LogP contribution in [0.25, 0.3) is 0 Å². The number of hydroxylamine groups is 2. The molecule has 0 spiro atoms. The van der Waals surface area contributed by atoms with Crippen molar-refractivity contribution in [3.05, 3.63) is 65.7 Å². The maximum Gasteiger partial charge on any atom is 0.412 e. The molecule has 37 heavy (non-hydrogen) atoms. The number of carbonyl (C=O) groups excluding carboxylic acids is 4. The van der Waals surface area contributed by atoms with Crippen molar-refractivity contribution < 1.29 is 28.8 Å². The number of nitrogens with one attached hydrogen (secondary N) is 3. The molecule has 11 heteroatoms. The van der Waals surface area contributed by atoms with Gasteiger partial charge in [-0.1, -0.05) is 30.3 Å². The van der Waals surface area contributed by atoms with Crippen LogP contribution in [0.15, 0.2) is 54.6 Å². The summed E-state index contributed by atoms with van der Waals surface area (Å²) in [7, 11) is 0. The summed E-state index contributed by atoms with van der Waals surface area (Å²) in [5.41, 5.74) is 5.85. The van der Waals surface area contributed by atoms with Crippen LogP contribution in [0.5, 0.6) is 0 Å². The van der Waals surface area contributed by atoms with Gasteiger partial charge < -0.3 is 9.64 Å². The van der Waals surface area contributed by atoms with E-state index in [4.69, 9.17) is 9.57 Å². The molecule has 2 aromatic carbocycles. The molecule has 2 heterocycles. The molecular formula is C26H31N5O6. The first kappa shape index (κ1) is 26.0. The van der Waals surface area contributed by atoms with E-state index in [-0.39, 0.29) is 24.2 Å². The summed E-state index contributed by atoms with van der Waals surface area (Å²) in [6, 6.07) is 14.4. The number of ether oxygens (including phenoxy) is 1. The van der Waals surface area contributed by atoms with E-state index in [0.29, 0.717) is 25.1 Å². The average Bonchev–Trinajstić information content (AvgIpc) is 3.10. The Kier molecular flexibility index (Phi) is 7.63. The van der Waals surface area contributed by atoms with Crippen LogP contribution in [-0.4, -0.2) is 58.1 Å². The Morgan fingerprint density at radius 2 is 1.68 bits per heavy atom. The molecule has 0 unspecified atom stereocenters. The highest BCUT2D eigenvalue weighted by molar-refractivity contribution is 5.97.